The molecular weight excluding hydrogens is 571 g/mol. The Labute approximate surface area is 285 Å². The van der Waals surface area contributed by atoms with Gasteiger partial charge in [-0.15, -0.1) is 0 Å². The van der Waals surface area contributed by atoms with Crippen molar-refractivity contribution < 1.29 is 0 Å². The fourth-order valence-electron chi connectivity index (χ4n) is 8.83. The van der Waals surface area contributed by atoms with Gasteiger partial charge in [0.05, 0.1) is 0 Å². The zero-order valence-corrected chi connectivity index (χ0v) is 29.8. The molecule has 0 amide bonds. The molecule has 2 fully saturated rings. The molecule has 2 aliphatic heterocycles. The van der Waals surface area contributed by atoms with Crippen molar-refractivity contribution in [1.29, 1.82) is 0 Å². The Morgan fingerprint density at radius 1 is 0.574 bits per heavy atom. The van der Waals surface area contributed by atoms with Crippen molar-refractivity contribution in [3.8, 4) is 0 Å². The van der Waals surface area contributed by atoms with E-state index in [9.17, 15) is 0 Å². The first-order valence-corrected chi connectivity index (χ1v) is 18.9. The normalized spacial score (nSPS) is 19.5. The van der Waals surface area contributed by atoms with Crippen LogP contribution in [0, 0.1) is 11.8 Å². The van der Waals surface area contributed by atoms with Crippen molar-refractivity contribution in [3.63, 3.8) is 0 Å². The van der Waals surface area contributed by atoms with Crippen LogP contribution in [0.2, 0.25) is 0 Å². The van der Waals surface area contributed by atoms with E-state index in [1.54, 1.807) is 0 Å². The predicted molar refractivity (Wildman–Crippen MR) is 204 cm³/mol. The van der Waals surface area contributed by atoms with Crippen LogP contribution in [0.3, 0.4) is 0 Å². The third kappa shape index (κ3) is 7.37. The summed E-state index contributed by atoms with van der Waals surface area (Å²) < 4.78 is 0. The van der Waals surface area contributed by atoms with Crippen molar-refractivity contribution >= 4 is 27.8 Å². The number of hydrogen-bond donors (Lipinski definition) is 0. The molecular formula is C44H59N3. The molecule has 2 atom stereocenters. The quantitative estimate of drug-likeness (QED) is 0.137. The molecule has 0 aliphatic carbocycles. The second kappa shape index (κ2) is 15.5. The third-order valence-corrected chi connectivity index (χ3v) is 12.1. The maximum atomic E-state index is 5.69. The number of benzene rings is 4. The van der Waals surface area contributed by atoms with Gasteiger partial charge in [0.2, 0.25) is 0 Å². The maximum Gasteiger partial charge on any atom is 0.0485 e. The van der Waals surface area contributed by atoms with Crippen molar-refractivity contribution in [2.45, 2.75) is 89.9 Å². The SMILES string of the molecule is CC(C)C(C=NCC(CCN1CCCCC1)(c1cccc2ccccc12)C(C)C)(CCN1CCCCC1)c1cccc2ccccc12. The van der Waals surface area contributed by atoms with E-state index in [-0.39, 0.29) is 10.8 Å². The highest BCUT2D eigenvalue weighted by Crippen LogP contribution is 2.42. The van der Waals surface area contributed by atoms with Gasteiger partial charge in [-0.1, -0.05) is 125 Å². The van der Waals surface area contributed by atoms with Crippen molar-refractivity contribution in [3.05, 3.63) is 96.1 Å². The van der Waals surface area contributed by atoms with E-state index in [0.29, 0.717) is 11.8 Å². The largest absolute Gasteiger partial charge is 0.303 e. The van der Waals surface area contributed by atoms with Gasteiger partial charge >= 0.3 is 0 Å². The minimum Gasteiger partial charge on any atom is -0.303 e. The summed E-state index contributed by atoms with van der Waals surface area (Å²) in [5.74, 6) is 0.871. The highest BCUT2D eigenvalue weighted by Gasteiger charge is 2.39. The lowest BCUT2D eigenvalue weighted by atomic mass is 9.67. The molecule has 2 heterocycles. The summed E-state index contributed by atoms with van der Waals surface area (Å²) in [6.45, 7) is 17.8. The lowest BCUT2D eigenvalue weighted by Crippen LogP contribution is -2.43. The maximum absolute atomic E-state index is 5.69. The van der Waals surface area contributed by atoms with Crippen molar-refractivity contribution in [2.75, 3.05) is 45.8 Å². The van der Waals surface area contributed by atoms with E-state index in [1.165, 1.54) is 97.4 Å². The molecule has 4 aromatic rings. The molecule has 47 heavy (non-hydrogen) atoms. The first-order valence-electron chi connectivity index (χ1n) is 18.9. The van der Waals surface area contributed by atoms with E-state index in [2.05, 4.69) is 129 Å². The summed E-state index contributed by atoms with van der Waals surface area (Å²) >= 11 is 0. The van der Waals surface area contributed by atoms with E-state index in [4.69, 9.17) is 4.99 Å². The molecule has 6 rings (SSSR count). The first-order chi connectivity index (χ1) is 22.9. The van der Waals surface area contributed by atoms with Crippen LogP contribution in [0.5, 0.6) is 0 Å². The average molecular weight is 630 g/mol. The summed E-state index contributed by atoms with van der Waals surface area (Å²) in [5, 5.41) is 5.44. The Kier molecular flexibility index (Phi) is 11.2. The molecule has 0 aromatic heterocycles. The lowest BCUT2D eigenvalue weighted by Gasteiger charge is -2.41. The van der Waals surface area contributed by atoms with Gasteiger partial charge in [-0.25, -0.2) is 0 Å². The minimum atomic E-state index is -0.146. The minimum absolute atomic E-state index is 0.0524. The van der Waals surface area contributed by atoms with Crippen LogP contribution in [0.15, 0.2) is 89.9 Å². The van der Waals surface area contributed by atoms with Crippen LogP contribution in [0.4, 0.5) is 0 Å². The Balaban J connectivity index is 1.43. The molecule has 0 radical (unpaired) electrons. The summed E-state index contributed by atoms with van der Waals surface area (Å²) in [4.78, 5) is 11.1. The van der Waals surface area contributed by atoms with Crippen LogP contribution in [0.1, 0.15) is 90.2 Å². The molecule has 4 aromatic carbocycles. The van der Waals surface area contributed by atoms with Crippen molar-refractivity contribution in [1.82, 2.24) is 9.80 Å². The lowest BCUT2D eigenvalue weighted by molar-refractivity contribution is 0.186. The molecule has 250 valence electrons. The second-order valence-corrected chi connectivity index (χ2v) is 15.3. The standard InChI is InChI=1S/C44H59N3/c1-35(2)43(25-31-46-27-11-5-12-28-46,41-23-15-19-37-17-7-9-21-39(37)41)33-45-34-44(36(3)4,26-32-47-29-13-6-14-30-47)42-24-16-20-38-18-8-10-22-40(38)42/h7-10,15-24,33,35-36H,5-6,11-14,25-32,34H2,1-4H3. The number of hydrogen-bond acceptors (Lipinski definition) is 3. The number of nitrogens with zero attached hydrogens (tertiary/aromatic N) is 3. The molecule has 3 heteroatoms. The van der Waals surface area contributed by atoms with Crippen LogP contribution in [-0.4, -0.2) is 61.8 Å². The molecule has 0 spiro atoms. The van der Waals surface area contributed by atoms with Gasteiger partial charge in [0.15, 0.2) is 0 Å². The Morgan fingerprint density at radius 2 is 1.06 bits per heavy atom. The molecule has 3 nitrogen and oxygen atoms in total. The summed E-state index contributed by atoms with van der Waals surface area (Å²) in [5.41, 5.74) is 2.73. The smallest absolute Gasteiger partial charge is 0.0485 e. The fourth-order valence-corrected chi connectivity index (χ4v) is 8.83. The first kappa shape index (κ1) is 33.9. The van der Waals surface area contributed by atoms with E-state index in [0.717, 1.165) is 32.5 Å². The highest BCUT2D eigenvalue weighted by atomic mass is 15.1. The number of piperidine rings is 2. The van der Waals surface area contributed by atoms with Gasteiger partial charge in [-0.3, -0.25) is 4.99 Å². The number of aliphatic imine (C=N–C) groups is 1. The van der Waals surface area contributed by atoms with Gasteiger partial charge in [0.25, 0.3) is 0 Å². The van der Waals surface area contributed by atoms with Gasteiger partial charge in [0.1, 0.15) is 0 Å². The molecule has 2 aliphatic rings. The molecule has 0 bridgehead atoms. The van der Waals surface area contributed by atoms with Gasteiger partial charge in [-0.2, -0.15) is 0 Å². The van der Waals surface area contributed by atoms with Crippen LogP contribution in [0.25, 0.3) is 21.5 Å². The molecule has 0 N–H and O–H groups in total. The van der Waals surface area contributed by atoms with Gasteiger partial charge in [-0.05, 0) is 122 Å². The Hall–Kier alpha value is -3.01. The summed E-state index contributed by atoms with van der Waals surface area (Å²) in [6.07, 6.45) is 12.8. The van der Waals surface area contributed by atoms with Crippen molar-refractivity contribution in [2.24, 2.45) is 16.8 Å². The van der Waals surface area contributed by atoms with Crippen LogP contribution in [-0.2, 0) is 10.8 Å². The third-order valence-electron chi connectivity index (χ3n) is 12.1. The van der Waals surface area contributed by atoms with E-state index in [1.807, 2.05) is 0 Å². The molecule has 2 saturated heterocycles. The second-order valence-electron chi connectivity index (χ2n) is 15.3. The molecule has 2 unspecified atom stereocenters. The topological polar surface area (TPSA) is 18.8 Å². The predicted octanol–water partition coefficient (Wildman–Crippen LogP) is 10.3. The summed E-state index contributed by atoms with van der Waals surface area (Å²) in [6, 6.07) is 32.0. The zero-order valence-electron chi connectivity index (χ0n) is 29.8. The van der Waals surface area contributed by atoms with E-state index >= 15 is 0 Å². The highest BCUT2D eigenvalue weighted by molar-refractivity contribution is 5.91. The Morgan fingerprint density at radius 3 is 1.62 bits per heavy atom. The zero-order chi connectivity index (χ0) is 32.7. The van der Waals surface area contributed by atoms with Crippen LogP contribution >= 0.6 is 0 Å². The number of rotatable bonds is 13. The number of likely N-dealkylation sites (tertiary alicyclic amines) is 2. The van der Waals surface area contributed by atoms with Gasteiger partial charge < -0.3 is 9.80 Å². The van der Waals surface area contributed by atoms with Gasteiger partial charge in [0, 0.05) is 23.6 Å². The average Bonchev–Trinajstić information content (AvgIpc) is 3.11. The molecule has 0 saturated carbocycles. The summed E-state index contributed by atoms with van der Waals surface area (Å²) in [7, 11) is 0. The number of fused-ring (bicyclic) bond motifs is 2. The van der Waals surface area contributed by atoms with E-state index < -0.39 is 0 Å². The fraction of sp³-hybridized carbons (Fsp3) is 0.523. The Bertz CT molecular complexity index is 1600. The van der Waals surface area contributed by atoms with Crippen LogP contribution < -0.4 is 0 Å². The monoisotopic (exact) mass is 629 g/mol.